The van der Waals surface area contributed by atoms with Gasteiger partial charge in [-0.2, -0.15) is 0 Å². The van der Waals surface area contributed by atoms with Crippen LogP contribution in [0, 0.1) is 5.41 Å². The van der Waals surface area contributed by atoms with E-state index in [1.807, 2.05) is 0 Å². The smallest absolute Gasteiger partial charge is 0.140 e. The van der Waals surface area contributed by atoms with Crippen LogP contribution in [0.4, 0.5) is 0 Å². The highest BCUT2D eigenvalue weighted by atomic mass is 35.5. The molecular weight excluding hydrogens is 210 g/mol. The molecule has 82 valence electrons. The Morgan fingerprint density at radius 2 is 2.07 bits per heavy atom. The number of fused-ring (bicyclic) bond motifs is 1. The predicted molar refractivity (Wildman–Crippen MR) is 59.0 cm³/mol. The maximum atomic E-state index is 5.88. The van der Waals surface area contributed by atoms with Crippen LogP contribution in [0.25, 0.3) is 0 Å². The van der Waals surface area contributed by atoms with Crippen molar-refractivity contribution >= 4 is 11.6 Å². The molecule has 2 aliphatic carbocycles. The molecule has 0 unspecified atom stereocenters. The monoisotopic (exact) mass is 225 g/mol. The van der Waals surface area contributed by atoms with E-state index >= 15 is 0 Å². The number of alkyl halides is 1. The zero-order chi connectivity index (χ0) is 10.3. The summed E-state index contributed by atoms with van der Waals surface area (Å²) in [5, 5.41) is 4.06. The average molecular weight is 226 g/mol. The molecule has 3 heteroatoms. The van der Waals surface area contributed by atoms with Crippen LogP contribution < -0.4 is 0 Å². The van der Waals surface area contributed by atoms with Crippen molar-refractivity contribution < 1.29 is 4.52 Å². The quantitative estimate of drug-likeness (QED) is 0.685. The molecule has 1 saturated carbocycles. The Labute approximate surface area is 95.0 Å². The van der Waals surface area contributed by atoms with Gasteiger partial charge in [0.15, 0.2) is 0 Å². The summed E-state index contributed by atoms with van der Waals surface area (Å²) in [4.78, 5) is 0. The number of aromatic nitrogens is 1. The number of hydrogen-bond acceptors (Lipinski definition) is 2. The Bertz CT molecular complexity index is 352. The number of nitrogens with zero attached hydrogens (tertiary/aromatic N) is 1. The first-order valence-electron chi connectivity index (χ1n) is 5.85. The summed E-state index contributed by atoms with van der Waals surface area (Å²) in [7, 11) is 0. The third-order valence-corrected chi connectivity index (χ3v) is 4.43. The van der Waals surface area contributed by atoms with Crippen LogP contribution in [0.5, 0.6) is 0 Å². The molecule has 2 aliphatic rings. The van der Waals surface area contributed by atoms with Crippen molar-refractivity contribution in [3.8, 4) is 0 Å². The predicted octanol–water partition coefficient (Wildman–Crippen LogP) is 3.46. The van der Waals surface area contributed by atoms with E-state index in [2.05, 4.69) is 5.16 Å². The van der Waals surface area contributed by atoms with E-state index in [0.717, 1.165) is 24.3 Å². The van der Waals surface area contributed by atoms with Gasteiger partial charge in [-0.1, -0.05) is 18.0 Å². The van der Waals surface area contributed by atoms with Gasteiger partial charge < -0.3 is 4.52 Å². The molecule has 1 fully saturated rings. The molecule has 15 heavy (non-hydrogen) atoms. The minimum Gasteiger partial charge on any atom is -0.361 e. The van der Waals surface area contributed by atoms with E-state index in [9.17, 15) is 0 Å². The molecule has 1 aromatic heterocycles. The van der Waals surface area contributed by atoms with Crippen molar-refractivity contribution in [3.63, 3.8) is 0 Å². The second-order valence-corrected chi connectivity index (χ2v) is 5.32. The third-order valence-electron chi connectivity index (χ3n) is 4.18. The maximum absolute atomic E-state index is 5.88. The molecule has 3 rings (SSSR count). The normalized spacial score (nSPS) is 23.3. The van der Waals surface area contributed by atoms with Gasteiger partial charge in [0.05, 0.1) is 5.88 Å². The molecule has 0 aliphatic heterocycles. The van der Waals surface area contributed by atoms with E-state index in [0.29, 0.717) is 11.3 Å². The molecule has 0 aromatic carbocycles. The van der Waals surface area contributed by atoms with Gasteiger partial charge in [-0.3, -0.25) is 0 Å². The van der Waals surface area contributed by atoms with Crippen molar-refractivity contribution in [1.29, 1.82) is 0 Å². The van der Waals surface area contributed by atoms with Crippen molar-refractivity contribution in [2.75, 3.05) is 0 Å². The highest BCUT2D eigenvalue weighted by molar-refractivity contribution is 6.17. The fourth-order valence-corrected chi connectivity index (χ4v) is 3.49. The number of halogens is 1. The van der Waals surface area contributed by atoms with Crippen molar-refractivity contribution in [2.24, 2.45) is 5.41 Å². The zero-order valence-electron chi connectivity index (χ0n) is 8.89. The topological polar surface area (TPSA) is 26.0 Å². The molecule has 1 heterocycles. The van der Waals surface area contributed by atoms with E-state index < -0.39 is 0 Å². The summed E-state index contributed by atoms with van der Waals surface area (Å²) < 4.78 is 5.35. The van der Waals surface area contributed by atoms with Crippen LogP contribution >= 0.6 is 11.6 Å². The molecule has 0 radical (unpaired) electrons. The fraction of sp³-hybridized carbons (Fsp3) is 0.750. The summed E-state index contributed by atoms with van der Waals surface area (Å²) in [5.74, 6) is 1.60. The van der Waals surface area contributed by atoms with Crippen LogP contribution in [-0.2, 0) is 18.7 Å². The van der Waals surface area contributed by atoms with Gasteiger partial charge in [-0.15, -0.1) is 11.6 Å². The first-order chi connectivity index (χ1) is 7.33. The van der Waals surface area contributed by atoms with E-state index in [1.165, 1.54) is 37.7 Å². The Morgan fingerprint density at radius 1 is 1.27 bits per heavy atom. The Morgan fingerprint density at radius 3 is 2.80 bits per heavy atom. The molecule has 0 atom stereocenters. The van der Waals surface area contributed by atoms with E-state index in [4.69, 9.17) is 16.1 Å². The molecule has 1 spiro atoms. The lowest BCUT2D eigenvalue weighted by Crippen LogP contribution is -2.25. The van der Waals surface area contributed by atoms with Crippen molar-refractivity contribution in [3.05, 3.63) is 17.0 Å². The first kappa shape index (κ1) is 9.71. The second kappa shape index (κ2) is 3.51. The van der Waals surface area contributed by atoms with Crippen molar-refractivity contribution in [2.45, 2.75) is 50.8 Å². The third kappa shape index (κ3) is 1.50. The van der Waals surface area contributed by atoms with Crippen molar-refractivity contribution in [1.82, 2.24) is 5.16 Å². The van der Waals surface area contributed by atoms with Gasteiger partial charge in [0, 0.05) is 12.0 Å². The minimum atomic E-state index is 0.495. The molecular formula is C12H16ClNO. The van der Waals surface area contributed by atoms with E-state index in [-0.39, 0.29) is 0 Å². The van der Waals surface area contributed by atoms with Crippen LogP contribution in [0.2, 0.25) is 0 Å². The number of aryl methyl sites for hydroxylation is 1. The Kier molecular flexibility index (Phi) is 2.27. The van der Waals surface area contributed by atoms with Gasteiger partial charge in [0.2, 0.25) is 0 Å². The Balaban J connectivity index is 1.93. The summed E-state index contributed by atoms with van der Waals surface area (Å²) in [6.45, 7) is 0. The number of hydrogen-bond donors (Lipinski definition) is 0. The van der Waals surface area contributed by atoms with Crippen LogP contribution in [0.3, 0.4) is 0 Å². The lowest BCUT2D eigenvalue weighted by molar-refractivity contribution is 0.236. The van der Waals surface area contributed by atoms with Gasteiger partial charge >= 0.3 is 0 Å². The summed E-state index contributed by atoms with van der Waals surface area (Å²) in [6.07, 6.45) is 9.09. The van der Waals surface area contributed by atoms with Gasteiger partial charge in [-0.05, 0) is 31.1 Å². The lowest BCUT2D eigenvalue weighted by Gasteiger charge is -2.32. The van der Waals surface area contributed by atoms with Crippen LogP contribution in [-0.4, -0.2) is 5.16 Å². The zero-order valence-corrected chi connectivity index (χ0v) is 9.65. The summed E-state index contributed by atoms with van der Waals surface area (Å²) >= 11 is 5.88. The minimum absolute atomic E-state index is 0.495. The Hall–Kier alpha value is -0.500. The van der Waals surface area contributed by atoms with E-state index in [1.54, 1.807) is 0 Å². The van der Waals surface area contributed by atoms with Gasteiger partial charge in [-0.25, -0.2) is 0 Å². The molecule has 2 nitrogen and oxygen atoms in total. The lowest BCUT2D eigenvalue weighted by atomic mass is 9.72. The van der Waals surface area contributed by atoms with Crippen LogP contribution in [0.1, 0.15) is 49.1 Å². The first-order valence-corrected chi connectivity index (χ1v) is 6.39. The SMILES string of the molecule is ClCc1noc2c1CC1(CCCC1)CC2. The standard InChI is InChI=1S/C12H16ClNO/c13-8-10-9-7-12(4-1-2-5-12)6-3-11(9)15-14-10/h1-8H2. The van der Waals surface area contributed by atoms with Gasteiger partial charge in [0.25, 0.3) is 0 Å². The molecule has 0 N–H and O–H groups in total. The largest absolute Gasteiger partial charge is 0.361 e. The molecule has 1 aromatic rings. The molecule has 0 bridgehead atoms. The maximum Gasteiger partial charge on any atom is 0.140 e. The fourth-order valence-electron chi connectivity index (χ4n) is 3.28. The highest BCUT2D eigenvalue weighted by Gasteiger charge is 2.39. The summed E-state index contributed by atoms with van der Waals surface area (Å²) in [6, 6.07) is 0. The highest BCUT2D eigenvalue weighted by Crippen LogP contribution is 2.48. The molecule has 0 amide bonds. The second-order valence-electron chi connectivity index (χ2n) is 5.05. The van der Waals surface area contributed by atoms with Gasteiger partial charge in [0.1, 0.15) is 11.5 Å². The molecule has 0 saturated heterocycles. The van der Waals surface area contributed by atoms with Crippen LogP contribution in [0.15, 0.2) is 4.52 Å². The summed E-state index contributed by atoms with van der Waals surface area (Å²) in [5.41, 5.74) is 2.88. The average Bonchev–Trinajstić information content (AvgIpc) is 2.85. The number of rotatable bonds is 1.